The van der Waals surface area contributed by atoms with Crippen molar-refractivity contribution in [3.8, 4) is 0 Å². The first kappa shape index (κ1) is 14.6. The van der Waals surface area contributed by atoms with Crippen molar-refractivity contribution in [3.63, 3.8) is 0 Å². The summed E-state index contributed by atoms with van der Waals surface area (Å²) in [5.74, 6) is 0.268. The molecule has 1 atom stereocenters. The molecular weight excluding hydrogens is 270 g/mol. The normalized spacial score (nSPS) is 20.5. The van der Waals surface area contributed by atoms with E-state index in [9.17, 15) is 0 Å². The largest absolute Gasteiger partial charge is 0.390 e. The highest BCUT2D eigenvalue weighted by atomic mass is 16.6. The molecule has 0 fully saturated rings. The quantitative estimate of drug-likeness (QED) is 0.776. The van der Waals surface area contributed by atoms with Crippen LogP contribution in [0.15, 0.2) is 71.9 Å². The van der Waals surface area contributed by atoms with Gasteiger partial charge in [0.1, 0.15) is 5.60 Å². The van der Waals surface area contributed by atoms with Crippen LogP contribution in [0.2, 0.25) is 0 Å². The first-order chi connectivity index (χ1) is 10.6. The number of nitrogens with zero attached hydrogens (tertiary/aromatic N) is 1. The van der Waals surface area contributed by atoms with E-state index in [0.717, 1.165) is 12.1 Å². The Balaban J connectivity index is 1.90. The lowest BCUT2D eigenvalue weighted by Gasteiger charge is -2.33. The van der Waals surface area contributed by atoms with Crippen molar-refractivity contribution in [2.45, 2.75) is 31.8 Å². The highest BCUT2D eigenvalue weighted by Gasteiger charge is 2.33. The van der Waals surface area contributed by atoms with Gasteiger partial charge >= 0.3 is 0 Å². The van der Waals surface area contributed by atoms with Crippen molar-refractivity contribution in [2.24, 2.45) is 5.16 Å². The van der Waals surface area contributed by atoms with Gasteiger partial charge in [-0.25, -0.2) is 0 Å². The van der Waals surface area contributed by atoms with Gasteiger partial charge in [-0.15, -0.1) is 0 Å². The molecule has 0 spiro atoms. The molecule has 22 heavy (non-hydrogen) atoms. The van der Waals surface area contributed by atoms with E-state index < -0.39 is 0 Å². The van der Waals surface area contributed by atoms with Crippen LogP contribution in [0, 0.1) is 0 Å². The molecule has 0 aliphatic carbocycles. The van der Waals surface area contributed by atoms with Crippen LogP contribution in [0.4, 0.5) is 0 Å². The van der Waals surface area contributed by atoms with Gasteiger partial charge in [0, 0.05) is 12.3 Å². The van der Waals surface area contributed by atoms with Crippen molar-refractivity contribution < 1.29 is 4.84 Å². The van der Waals surface area contributed by atoms with Crippen molar-refractivity contribution in [1.29, 1.82) is 0 Å². The predicted octanol–water partition coefficient (Wildman–Crippen LogP) is 5.04. The number of hydrogen-bond acceptors (Lipinski definition) is 2. The highest BCUT2D eigenvalue weighted by molar-refractivity contribution is 6.03. The molecule has 1 heterocycles. The third-order valence-electron chi connectivity index (χ3n) is 3.90. The first-order valence-electron chi connectivity index (χ1n) is 7.68. The van der Waals surface area contributed by atoms with Gasteiger partial charge in [-0.2, -0.15) is 0 Å². The Morgan fingerprint density at radius 2 is 1.59 bits per heavy atom. The summed E-state index contributed by atoms with van der Waals surface area (Å²) in [5.41, 5.74) is 3.21. The molecule has 2 heteroatoms. The van der Waals surface area contributed by atoms with E-state index in [1.807, 2.05) is 24.3 Å². The molecule has 0 N–H and O–H groups in total. The average molecular weight is 291 g/mol. The van der Waals surface area contributed by atoms with E-state index in [-0.39, 0.29) is 11.5 Å². The fraction of sp³-hybridized carbons (Fsp3) is 0.250. The minimum Gasteiger partial charge on any atom is -0.390 e. The molecule has 0 aromatic heterocycles. The van der Waals surface area contributed by atoms with Gasteiger partial charge in [-0.3, -0.25) is 0 Å². The molecular formula is C20H21NO. The Labute approximate surface area is 132 Å². The fourth-order valence-corrected chi connectivity index (χ4v) is 2.74. The third-order valence-corrected chi connectivity index (χ3v) is 3.90. The molecule has 0 saturated heterocycles. The summed E-state index contributed by atoms with van der Waals surface area (Å²) < 4.78 is 0. The van der Waals surface area contributed by atoms with Crippen molar-refractivity contribution >= 4 is 11.8 Å². The zero-order valence-corrected chi connectivity index (χ0v) is 13.1. The highest BCUT2D eigenvalue weighted by Crippen LogP contribution is 2.34. The Hall–Kier alpha value is -2.35. The molecule has 2 aromatic carbocycles. The number of rotatable bonds is 3. The lowest BCUT2D eigenvalue weighted by molar-refractivity contribution is -0.0323. The molecule has 0 radical (unpaired) electrons. The maximum atomic E-state index is 5.65. The topological polar surface area (TPSA) is 21.6 Å². The number of hydrogen-bond donors (Lipinski definition) is 0. The van der Waals surface area contributed by atoms with Crippen molar-refractivity contribution in [3.05, 3.63) is 77.9 Å². The van der Waals surface area contributed by atoms with E-state index in [1.54, 1.807) is 0 Å². The summed E-state index contributed by atoms with van der Waals surface area (Å²) in [6.07, 6.45) is 5.09. The van der Waals surface area contributed by atoms with Gasteiger partial charge in [0.05, 0.1) is 5.71 Å². The molecule has 1 unspecified atom stereocenters. The standard InChI is InChI=1S/C20H21NO/c1-20(2)15-18(17-11-7-4-8-12-17)19(21-22-20)14-13-16-9-5-3-6-10-16/h3-14,18H,15H2,1-2H3. The molecule has 2 aromatic rings. The van der Waals surface area contributed by atoms with Gasteiger partial charge in [0.15, 0.2) is 0 Å². The van der Waals surface area contributed by atoms with Crippen molar-refractivity contribution in [2.75, 3.05) is 0 Å². The van der Waals surface area contributed by atoms with E-state index in [1.165, 1.54) is 11.1 Å². The van der Waals surface area contributed by atoms with Gasteiger partial charge in [-0.1, -0.05) is 71.9 Å². The second kappa shape index (κ2) is 6.18. The van der Waals surface area contributed by atoms with Crippen LogP contribution in [-0.2, 0) is 4.84 Å². The van der Waals surface area contributed by atoms with Gasteiger partial charge < -0.3 is 4.84 Å². The summed E-state index contributed by atoms with van der Waals surface area (Å²) in [7, 11) is 0. The van der Waals surface area contributed by atoms with Crippen LogP contribution >= 0.6 is 0 Å². The van der Waals surface area contributed by atoms with Crippen molar-refractivity contribution in [1.82, 2.24) is 0 Å². The van der Waals surface area contributed by atoms with Gasteiger partial charge in [-0.05, 0) is 31.1 Å². The molecule has 1 aliphatic heterocycles. The van der Waals surface area contributed by atoms with Crippen LogP contribution in [0.5, 0.6) is 0 Å². The molecule has 112 valence electrons. The van der Waals surface area contributed by atoms with Crippen LogP contribution in [0.25, 0.3) is 6.08 Å². The first-order valence-corrected chi connectivity index (χ1v) is 7.68. The predicted molar refractivity (Wildman–Crippen MR) is 91.9 cm³/mol. The number of oxime groups is 1. The minimum atomic E-state index is -0.232. The Kier molecular flexibility index (Phi) is 4.10. The summed E-state index contributed by atoms with van der Waals surface area (Å²) in [5, 5.41) is 4.38. The summed E-state index contributed by atoms with van der Waals surface area (Å²) in [6.45, 7) is 4.17. The molecule has 0 amide bonds. The molecule has 1 aliphatic rings. The smallest absolute Gasteiger partial charge is 0.133 e. The Morgan fingerprint density at radius 3 is 2.27 bits per heavy atom. The maximum Gasteiger partial charge on any atom is 0.133 e. The second-order valence-corrected chi connectivity index (χ2v) is 6.28. The van der Waals surface area contributed by atoms with Crippen LogP contribution < -0.4 is 0 Å². The minimum absolute atomic E-state index is 0.232. The maximum absolute atomic E-state index is 5.65. The van der Waals surface area contributed by atoms with Crippen LogP contribution in [-0.4, -0.2) is 11.3 Å². The third kappa shape index (κ3) is 3.45. The Bertz CT molecular complexity index is 671. The number of allylic oxidation sites excluding steroid dienone is 1. The molecule has 2 nitrogen and oxygen atoms in total. The summed E-state index contributed by atoms with van der Waals surface area (Å²) >= 11 is 0. The van der Waals surface area contributed by atoms with E-state index >= 15 is 0 Å². The molecule has 3 rings (SSSR count). The van der Waals surface area contributed by atoms with E-state index in [0.29, 0.717) is 0 Å². The molecule has 0 bridgehead atoms. The monoisotopic (exact) mass is 291 g/mol. The molecule has 0 saturated carbocycles. The Morgan fingerprint density at radius 1 is 0.955 bits per heavy atom. The van der Waals surface area contributed by atoms with Gasteiger partial charge in [0.2, 0.25) is 0 Å². The SMILES string of the molecule is CC1(C)CC(c2ccccc2)C(C=Cc2ccccc2)=NO1. The van der Waals surface area contributed by atoms with Gasteiger partial charge in [0.25, 0.3) is 0 Å². The van der Waals surface area contributed by atoms with E-state index in [2.05, 4.69) is 67.6 Å². The van der Waals surface area contributed by atoms with E-state index in [4.69, 9.17) is 4.84 Å². The summed E-state index contributed by atoms with van der Waals surface area (Å²) in [6, 6.07) is 20.8. The second-order valence-electron chi connectivity index (χ2n) is 6.28. The average Bonchev–Trinajstić information content (AvgIpc) is 2.55. The van der Waals surface area contributed by atoms with Crippen LogP contribution in [0.1, 0.15) is 37.3 Å². The lowest BCUT2D eigenvalue weighted by Crippen LogP contribution is -2.32. The fourth-order valence-electron chi connectivity index (χ4n) is 2.74. The summed E-state index contributed by atoms with van der Waals surface area (Å²) in [4.78, 5) is 5.65. The lowest BCUT2D eigenvalue weighted by atomic mass is 9.83. The van der Waals surface area contributed by atoms with Crippen LogP contribution in [0.3, 0.4) is 0 Å². The zero-order valence-electron chi connectivity index (χ0n) is 13.1. The zero-order chi connectivity index (χ0) is 15.4. The number of benzene rings is 2.